The Kier molecular flexibility index (Phi) is 5.47. The Labute approximate surface area is 157 Å². The van der Waals surface area contributed by atoms with Gasteiger partial charge in [-0.1, -0.05) is 11.6 Å². The Hall–Kier alpha value is -2.53. The average Bonchev–Trinajstić information content (AvgIpc) is 2.62. The molecular weight excluding hydrogens is 352 g/mol. The Morgan fingerprint density at radius 2 is 2.00 bits per heavy atom. The lowest BCUT2D eigenvalue weighted by molar-refractivity contribution is -0.119. The molecular formula is C20H21ClN2O3. The fraction of sp³-hybridized carbons (Fsp3) is 0.300. The zero-order valence-electron chi connectivity index (χ0n) is 14.8. The van der Waals surface area contributed by atoms with Crippen LogP contribution in [0.3, 0.4) is 0 Å². The summed E-state index contributed by atoms with van der Waals surface area (Å²) in [6.45, 7) is 2.68. The van der Waals surface area contributed by atoms with E-state index in [0.717, 1.165) is 30.6 Å². The van der Waals surface area contributed by atoms with Gasteiger partial charge < -0.3 is 15.0 Å². The monoisotopic (exact) mass is 372 g/mol. The van der Waals surface area contributed by atoms with Gasteiger partial charge in [-0.3, -0.25) is 9.59 Å². The third-order valence-corrected chi connectivity index (χ3v) is 4.71. The second-order valence-corrected chi connectivity index (χ2v) is 6.74. The molecule has 0 atom stereocenters. The number of nitrogens with zero attached hydrogens (tertiary/aromatic N) is 1. The molecule has 26 heavy (non-hydrogen) atoms. The summed E-state index contributed by atoms with van der Waals surface area (Å²) < 4.78 is 5.23. The van der Waals surface area contributed by atoms with Crippen molar-refractivity contribution in [1.29, 1.82) is 0 Å². The number of carbonyl (C=O) groups is 2. The van der Waals surface area contributed by atoms with Crippen molar-refractivity contribution in [3.8, 4) is 5.75 Å². The number of amides is 2. The lowest BCUT2D eigenvalue weighted by Gasteiger charge is -2.28. The summed E-state index contributed by atoms with van der Waals surface area (Å²) in [5.41, 5.74) is 2.86. The number of hydrogen-bond donors (Lipinski definition) is 1. The van der Waals surface area contributed by atoms with Crippen LogP contribution in [0.5, 0.6) is 5.75 Å². The zero-order valence-corrected chi connectivity index (χ0v) is 15.6. The normalized spacial score (nSPS) is 14.3. The van der Waals surface area contributed by atoms with Crippen LogP contribution < -0.4 is 15.0 Å². The molecule has 136 valence electrons. The quantitative estimate of drug-likeness (QED) is 0.863. The number of hydrogen-bond acceptors (Lipinski definition) is 3. The van der Waals surface area contributed by atoms with E-state index in [2.05, 4.69) is 5.32 Å². The zero-order chi connectivity index (χ0) is 18.7. The van der Waals surface area contributed by atoms with Gasteiger partial charge in [-0.15, -0.1) is 0 Å². The Balaban J connectivity index is 1.81. The van der Waals surface area contributed by atoms with E-state index in [4.69, 9.17) is 16.3 Å². The van der Waals surface area contributed by atoms with Gasteiger partial charge in [-0.2, -0.15) is 0 Å². The fourth-order valence-electron chi connectivity index (χ4n) is 3.15. The Morgan fingerprint density at radius 1 is 1.19 bits per heavy atom. The van der Waals surface area contributed by atoms with Crippen LogP contribution in [0, 0.1) is 6.92 Å². The third kappa shape index (κ3) is 3.83. The summed E-state index contributed by atoms with van der Waals surface area (Å²) in [4.78, 5) is 26.5. The lowest BCUT2D eigenvalue weighted by atomic mass is 10.1. The van der Waals surface area contributed by atoms with E-state index in [-0.39, 0.29) is 11.8 Å². The van der Waals surface area contributed by atoms with Crippen LogP contribution in [0.4, 0.5) is 11.4 Å². The largest absolute Gasteiger partial charge is 0.496 e. The van der Waals surface area contributed by atoms with Gasteiger partial charge in [0.2, 0.25) is 5.91 Å². The highest BCUT2D eigenvalue weighted by Crippen LogP contribution is 2.28. The van der Waals surface area contributed by atoms with Crippen LogP contribution in [-0.2, 0) is 4.79 Å². The first-order valence-corrected chi connectivity index (χ1v) is 8.93. The van der Waals surface area contributed by atoms with Crippen molar-refractivity contribution in [3.05, 3.63) is 52.5 Å². The fourth-order valence-corrected chi connectivity index (χ4v) is 3.32. The third-order valence-electron chi connectivity index (χ3n) is 4.48. The van der Waals surface area contributed by atoms with Gasteiger partial charge in [0.05, 0.1) is 12.7 Å². The average molecular weight is 373 g/mol. The molecule has 1 aliphatic heterocycles. The van der Waals surface area contributed by atoms with E-state index in [9.17, 15) is 9.59 Å². The Morgan fingerprint density at radius 3 is 2.69 bits per heavy atom. The van der Waals surface area contributed by atoms with Crippen LogP contribution in [0.2, 0.25) is 5.02 Å². The van der Waals surface area contributed by atoms with Gasteiger partial charge in [0.1, 0.15) is 5.75 Å². The van der Waals surface area contributed by atoms with Crippen LogP contribution in [-0.4, -0.2) is 25.5 Å². The molecule has 0 unspecified atom stereocenters. The smallest absolute Gasteiger partial charge is 0.259 e. The molecule has 1 N–H and O–H groups in total. The van der Waals surface area contributed by atoms with E-state index < -0.39 is 0 Å². The molecule has 2 aromatic carbocycles. The predicted octanol–water partition coefficient (Wildman–Crippen LogP) is 4.43. The molecule has 2 amide bonds. The molecule has 0 spiro atoms. The molecule has 2 aromatic rings. The first-order valence-electron chi connectivity index (χ1n) is 8.55. The summed E-state index contributed by atoms with van der Waals surface area (Å²) in [6.07, 6.45) is 2.55. The topological polar surface area (TPSA) is 58.6 Å². The van der Waals surface area contributed by atoms with Gasteiger partial charge in [0, 0.05) is 29.4 Å². The van der Waals surface area contributed by atoms with E-state index in [1.807, 2.05) is 24.0 Å². The molecule has 1 fully saturated rings. The van der Waals surface area contributed by atoms with Crippen molar-refractivity contribution in [3.63, 3.8) is 0 Å². The van der Waals surface area contributed by atoms with Crippen LogP contribution in [0.15, 0.2) is 36.4 Å². The van der Waals surface area contributed by atoms with Gasteiger partial charge in [0.25, 0.3) is 5.91 Å². The first kappa shape index (κ1) is 18.3. The predicted molar refractivity (Wildman–Crippen MR) is 103 cm³/mol. The van der Waals surface area contributed by atoms with Gasteiger partial charge in [-0.25, -0.2) is 0 Å². The van der Waals surface area contributed by atoms with Crippen molar-refractivity contribution < 1.29 is 14.3 Å². The lowest BCUT2D eigenvalue weighted by Crippen LogP contribution is -2.35. The molecule has 1 saturated heterocycles. The summed E-state index contributed by atoms with van der Waals surface area (Å²) in [5.74, 6) is 0.310. The highest BCUT2D eigenvalue weighted by atomic mass is 35.5. The number of ether oxygens (including phenoxy) is 1. The highest BCUT2D eigenvalue weighted by Gasteiger charge is 2.21. The van der Waals surface area contributed by atoms with Gasteiger partial charge >= 0.3 is 0 Å². The second kappa shape index (κ2) is 7.79. The van der Waals surface area contributed by atoms with Crippen molar-refractivity contribution >= 4 is 34.8 Å². The van der Waals surface area contributed by atoms with Crippen molar-refractivity contribution in [2.75, 3.05) is 23.9 Å². The number of anilines is 2. The number of benzene rings is 2. The highest BCUT2D eigenvalue weighted by molar-refractivity contribution is 6.31. The van der Waals surface area contributed by atoms with Crippen molar-refractivity contribution in [1.82, 2.24) is 0 Å². The van der Waals surface area contributed by atoms with E-state index in [1.54, 1.807) is 24.3 Å². The molecule has 0 radical (unpaired) electrons. The SMILES string of the molecule is COc1ccc(Cl)cc1C(=O)Nc1ccc(N2CCCCC2=O)c(C)c1. The van der Waals surface area contributed by atoms with Crippen LogP contribution >= 0.6 is 11.6 Å². The summed E-state index contributed by atoms with van der Waals surface area (Å²) in [5, 5.41) is 3.33. The number of aryl methyl sites for hydroxylation is 1. The molecule has 3 rings (SSSR count). The number of methoxy groups -OCH3 is 1. The molecule has 0 saturated carbocycles. The minimum atomic E-state index is -0.300. The summed E-state index contributed by atoms with van der Waals surface area (Å²) in [6, 6.07) is 10.5. The molecule has 6 heteroatoms. The van der Waals surface area contributed by atoms with Crippen molar-refractivity contribution in [2.24, 2.45) is 0 Å². The molecule has 5 nitrogen and oxygen atoms in total. The molecule has 1 aliphatic rings. The minimum absolute atomic E-state index is 0.153. The molecule has 0 aliphatic carbocycles. The molecule has 1 heterocycles. The minimum Gasteiger partial charge on any atom is -0.496 e. The maximum absolute atomic E-state index is 12.6. The maximum Gasteiger partial charge on any atom is 0.259 e. The second-order valence-electron chi connectivity index (χ2n) is 6.30. The summed E-state index contributed by atoms with van der Waals surface area (Å²) >= 11 is 5.99. The standard InChI is InChI=1S/C20H21ClN2O3/c1-13-11-15(7-8-17(13)23-10-4-3-5-19(23)24)22-20(25)16-12-14(21)6-9-18(16)26-2/h6-9,11-12H,3-5,10H2,1-2H3,(H,22,25). The molecule has 0 bridgehead atoms. The first-order chi connectivity index (χ1) is 12.5. The van der Waals surface area contributed by atoms with E-state index >= 15 is 0 Å². The van der Waals surface area contributed by atoms with Gasteiger partial charge in [-0.05, 0) is 61.7 Å². The number of halogens is 1. The number of nitrogens with one attached hydrogen (secondary N) is 1. The van der Waals surface area contributed by atoms with E-state index in [1.165, 1.54) is 7.11 Å². The summed E-state index contributed by atoms with van der Waals surface area (Å²) in [7, 11) is 1.51. The number of rotatable bonds is 4. The number of carbonyl (C=O) groups excluding carboxylic acids is 2. The van der Waals surface area contributed by atoms with Crippen LogP contribution in [0.25, 0.3) is 0 Å². The Bertz CT molecular complexity index is 851. The maximum atomic E-state index is 12.6. The van der Waals surface area contributed by atoms with Crippen LogP contribution in [0.1, 0.15) is 35.2 Å². The number of piperidine rings is 1. The van der Waals surface area contributed by atoms with Crippen molar-refractivity contribution in [2.45, 2.75) is 26.2 Å². The van der Waals surface area contributed by atoms with E-state index in [0.29, 0.717) is 28.4 Å². The molecule has 0 aromatic heterocycles. The van der Waals surface area contributed by atoms with Gasteiger partial charge in [0.15, 0.2) is 0 Å².